The summed E-state index contributed by atoms with van der Waals surface area (Å²) in [6.07, 6.45) is 0. The quantitative estimate of drug-likeness (QED) is 0.161. The van der Waals surface area contributed by atoms with Crippen molar-refractivity contribution in [1.82, 2.24) is 0 Å². The molecule has 3 aromatic heterocycles. The van der Waals surface area contributed by atoms with Gasteiger partial charge >= 0.3 is 0 Å². The van der Waals surface area contributed by atoms with Crippen LogP contribution in [0.5, 0.6) is 0 Å². The number of hydrogen-bond donors (Lipinski definition) is 0. The standard InChI is InChI=1S/C60H37NO3/c1-3-14-38(15-4-1)40-26-30-42(31-27-40)61(43-32-28-41(29-33-43)39-16-5-2-6-17-39)51-37-36-47(60-58(51)50-20-9-12-24-54(50)64-60)45-34-35-46(59-57(45)49-19-8-11-23-53(49)63-59)44-21-13-25-55-56(44)48-18-7-10-22-52(48)62-55/h1-37H. The molecule has 0 saturated carbocycles. The molecule has 3 heterocycles. The van der Waals surface area contributed by atoms with Gasteiger partial charge < -0.3 is 18.2 Å². The first-order valence-electron chi connectivity index (χ1n) is 21.7. The van der Waals surface area contributed by atoms with Crippen molar-refractivity contribution < 1.29 is 13.3 Å². The lowest BCUT2D eigenvalue weighted by Gasteiger charge is -2.27. The number of para-hydroxylation sites is 3. The third-order valence-electron chi connectivity index (χ3n) is 12.7. The maximum atomic E-state index is 7.03. The van der Waals surface area contributed by atoms with E-state index in [-0.39, 0.29) is 0 Å². The van der Waals surface area contributed by atoms with Crippen LogP contribution >= 0.6 is 0 Å². The average Bonchev–Trinajstić information content (AvgIpc) is 4.07. The summed E-state index contributed by atoms with van der Waals surface area (Å²) in [6, 6.07) is 79.0. The highest BCUT2D eigenvalue weighted by Gasteiger charge is 2.26. The Balaban J connectivity index is 1.05. The predicted molar refractivity (Wildman–Crippen MR) is 265 cm³/mol. The highest BCUT2D eigenvalue weighted by atomic mass is 16.3. The molecule has 0 aliphatic rings. The first-order valence-corrected chi connectivity index (χ1v) is 21.7. The molecule has 0 N–H and O–H groups in total. The number of furan rings is 3. The Kier molecular flexibility index (Phi) is 8.18. The molecule has 300 valence electrons. The Labute approximate surface area is 368 Å². The van der Waals surface area contributed by atoms with Crippen LogP contribution in [-0.2, 0) is 0 Å². The van der Waals surface area contributed by atoms with Gasteiger partial charge in [0, 0.05) is 49.4 Å². The smallest absolute Gasteiger partial charge is 0.145 e. The van der Waals surface area contributed by atoms with Crippen LogP contribution in [0.3, 0.4) is 0 Å². The summed E-state index contributed by atoms with van der Waals surface area (Å²) in [4.78, 5) is 2.36. The zero-order valence-electron chi connectivity index (χ0n) is 34.5. The van der Waals surface area contributed by atoms with Crippen molar-refractivity contribution in [3.63, 3.8) is 0 Å². The van der Waals surface area contributed by atoms with Crippen LogP contribution in [0, 0.1) is 0 Å². The number of nitrogens with zero attached hydrogens (tertiary/aromatic N) is 1. The summed E-state index contributed by atoms with van der Waals surface area (Å²) in [5, 5.41) is 6.32. The minimum atomic E-state index is 0.813. The van der Waals surface area contributed by atoms with E-state index in [1.807, 2.05) is 30.3 Å². The molecule has 0 aliphatic carbocycles. The zero-order valence-corrected chi connectivity index (χ0v) is 34.5. The van der Waals surface area contributed by atoms with Crippen LogP contribution in [0.4, 0.5) is 17.1 Å². The second kappa shape index (κ2) is 14.5. The molecule has 0 amide bonds. The number of rotatable bonds is 7. The molecule has 0 radical (unpaired) electrons. The van der Waals surface area contributed by atoms with Gasteiger partial charge in [-0.2, -0.15) is 0 Å². The lowest BCUT2D eigenvalue weighted by molar-refractivity contribution is 0.668. The predicted octanol–water partition coefficient (Wildman–Crippen LogP) is 17.5. The van der Waals surface area contributed by atoms with Crippen LogP contribution in [0.25, 0.3) is 110 Å². The summed E-state index contributed by atoms with van der Waals surface area (Å²) in [5.41, 5.74) is 16.9. The Morgan fingerprint density at radius 1 is 0.250 bits per heavy atom. The van der Waals surface area contributed by atoms with Gasteiger partial charge in [0.2, 0.25) is 0 Å². The maximum Gasteiger partial charge on any atom is 0.145 e. The molecule has 4 nitrogen and oxygen atoms in total. The van der Waals surface area contributed by atoms with Crippen molar-refractivity contribution in [3.8, 4) is 44.5 Å². The maximum absolute atomic E-state index is 7.03. The van der Waals surface area contributed by atoms with Crippen molar-refractivity contribution in [1.29, 1.82) is 0 Å². The first-order chi connectivity index (χ1) is 31.7. The van der Waals surface area contributed by atoms with Gasteiger partial charge in [-0.05, 0) is 100 Å². The highest BCUT2D eigenvalue weighted by molar-refractivity contribution is 6.24. The molecule has 13 aromatic rings. The van der Waals surface area contributed by atoms with E-state index in [9.17, 15) is 0 Å². The molecule has 10 aromatic carbocycles. The first kappa shape index (κ1) is 36.1. The molecular formula is C60H37NO3. The van der Waals surface area contributed by atoms with Gasteiger partial charge in [-0.3, -0.25) is 0 Å². The van der Waals surface area contributed by atoms with Gasteiger partial charge in [-0.15, -0.1) is 0 Å². The van der Waals surface area contributed by atoms with E-state index in [1.165, 1.54) is 11.1 Å². The molecule has 0 aliphatic heterocycles. The van der Waals surface area contributed by atoms with Crippen molar-refractivity contribution in [3.05, 3.63) is 224 Å². The van der Waals surface area contributed by atoms with Crippen LogP contribution in [0.1, 0.15) is 0 Å². The number of benzene rings is 10. The monoisotopic (exact) mass is 819 g/mol. The molecule has 0 bridgehead atoms. The third-order valence-corrected chi connectivity index (χ3v) is 12.7. The van der Waals surface area contributed by atoms with Crippen LogP contribution in [0.15, 0.2) is 238 Å². The summed E-state index contributed by atoms with van der Waals surface area (Å²) < 4.78 is 20.3. The number of hydrogen-bond acceptors (Lipinski definition) is 4. The molecule has 4 heteroatoms. The van der Waals surface area contributed by atoms with Gasteiger partial charge in [0.15, 0.2) is 0 Å². The van der Waals surface area contributed by atoms with Crippen molar-refractivity contribution in [2.24, 2.45) is 0 Å². The van der Waals surface area contributed by atoms with Gasteiger partial charge in [-0.1, -0.05) is 158 Å². The topological polar surface area (TPSA) is 42.7 Å². The molecule has 0 fully saturated rings. The minimum Gasteiger partial charge on any atom is -0.456 e. The molecule has 13 rings (SSSR count). The SMILES string of the molecule is c1ccc(-c2ccc(N(c3ccc(-c4ccccc4)cc3)c3ccc(-c4ccc(-c5cccc6oc7ccccc7c56)c5oc6ccccc6c45)c4oc5ccccc5c34)cc2)cc1. The van der Waals surface area contributed by atoms with E-state index < -0.39 is 0 Å². The van der Waals surface area contributed by atoms with Gasteiger partial charge in [0.05, 0.1) is 11.1 Å². The minimum absolute atomic E-state index is 0.813. The third kappa shape index (κ3) is 5.70. The van der Waals surface area contributed by atoms with Gasteiger partial charge in [0.25, 0.3) is 0 Å². The molecule has 0 saturated heterocycles. The normalized spacial score (nSPS) is 11.8. The van der Waals surface area contributed by atoms with E-state index in [0.717, 1.165) is 116 Å². The van der Waals surface area contributed by atoms with Crippen LogP contribution < -0.4 is 4.90 Å². The van der Waals surface area contributed by atoms with E-state index in [4.69, 9.17) is 13.3 Å². The number of anilines is 3. The van der Waals surface area contributed by atoms with E-state index in [1.54, 1.807) is 0 Å². The van der Waals surface area contributed by atoms with E-state index in [2.05, 4.69) is 199 Å². The summed E-state index contributed by atoms with van der Waals surface area (Å²) in [7, 11) is 0. The summed E-state index contributed by atoms with van der Waals surface area (Å²) in [6.45, 7) is 0. The van der Waals surface area contributed by atoms with Crippen LogP contribution in [0.2, 0.25) is 0 Å². The Morgan fingerprint density at radius 2 is 0.656 bits per heavy atom. The Morgan fingerprint density at radius 3 is 1.23 bits per heavy atom. The molecular weight excluding hydrogens is 783 g/mol. The van der Waals surface area contributed by atoms with Crippen molar-refractivity contribution >= 4 is 82.9 Å². The van der Waals surface area contributed by atoms with E-state index in [0.29, 0.717) is 0 Å². The summed E-state index contributed by atoms with van der Waals surface area (Å²) in [5.74, 6) is 0. The average molecular weight is 820 g/mol. The van der Waals surface area contributed by atoms with Gasteiger partial charge in [-0.25, -0.2) is 0 Å². The fourth-order valence-electron chi connectivity index (χ4n) is 9.77. The zero-order chi connectivity index (χ0) is 42.1. The molecule has 0 spiro atoms. The second-order valence-electron chi connectivity index (χ2n) is 16.3. The highest BCUT2D eigenvalue weighted by Crippen LogP contribution is 2.50. The van der Waals surface area contributed by atoms with Gasteiger partial charge in [0.1, 0.15) is 33.5 Å². The fourth-order valence-corrected chi connectivity index (χ4v) is 9.77. The van der Waals surface area contributed by atoms with Crippen molar-refractivity contribution in [2.45, 2.75) is 0 Å². The second-order valence-corrected chi connectivity index (χ2v) is 16.3. The van der Waals surface area contributed by atoms with Crippen molar-refractivity contribution in [2.75, 3.05) is 4.90 Å². The molecule has 64 heavy (non-hydrogen) atoms. The largest absolute Gasteiger partial charge is 0.456 e. The molecule has 0 atom stereocenters. The fraction of sp³-hybridized carbons (Fsp3) is 0. The lowest BCUT2D eigenvalue weighted by atomic mass is 9.92. The summed E-state index contributed by atoms with van der Waals surface area (Å²) >= 11 is 0. The Bertz CT molecular complexity index is 3790. The lowest BCUT2D eigenvalue weighted by Crippen LogP contribution is -2.10. The number of fused-ring (bicyclic) bond motifs is 9. The van der Waals surface area contributed by atoms with Crippen LogP contribution in [-0.4, -0.2) is 0 Å². The van der Waals surface area contributed by atoms with E-state index >= 15 is 0 Å². The Hall–Kier alpha value is -8.60. The molecule has 0 unspecified atom stereocenters.